The first-order valence-electron chi connectivity index (χ1n) is 15.7. The van der Waals surface area contributed by atoms with Gasteiger partial charge < -0.3 is 4.40 Å². The van der Waals surface area contributed by atoms with Crippen LogP contribution in [0.1, 0.15) is 0 Å². The molecule has 11 rings (SSSR count). The van der Waals surface area contributed by atoms with Crippen LogP contribution in [0.2, 0.25) is 0 Å². The molecule has 0 radical (unpaired) electrons. The van der Waals surface area contributed by atoms with Crippen LogP contribution in [-0.4, -0.2) is 18.9 Å². The zero-order chi connectivity index (χ0) is 29.9. The van der Waals surface area contributed by atoms with Gasteiger partial charge in [0, 0.05) is 43.3 Å². The summed E-state index contributed by atoms with van der Waals surface area (Å²) in [4.78, 5) is 10.7. The number of rotatable bonds is 2. The molecule has 0 fully saturated rings. The molecular weight excluding hydrogens is 560 g/mol. The summed E-state index contributed by atoms with van der Waals surface area (Å²) in [6.45, 7) is 0. The molecule has 0 aliphatic rings. The Bertz CT molecular complexity index is 3030. The van der Waals surface area contributed by atoms with E-state index in [-0.39, 0.29) is 0 Å². The lowest BCUT2D eigenvalue weighted by atomic mass is 10.0. The molecule has 0 spiro atoms. The van der Waals surface area contributed by atoms with Gasteiger partial charge in [-0.3, -0.25) is 4.57 Å². The van der Waals surface area contributed by atoms with Gasteiger partial charge in [0.1, 0.15) is 0 Å². The van der Waals surface area contributed by atoms with Gasteiger partial charge in [-0.15, -0.1) is 0 Å². The van der Waals surface area contributed by atoms with Crippen molar-refractivity contribution in [1.82, 2.24) is 18.9 Å². The first-order valence-corrected chi connectivity index (χ1v) is 15.7. The van der Waals surface area contributed by atoms with Gasteiger partial charge in [0.2, 0.25) is 5.95 Å². The second-order valence-electron chi connectivity index (χ2n) is 12.2. The molecule has 0 aliphatic carbocycles. The van der Waals surface area contributed by atoms with Gasteiger partial charge in [-0.05, 0) is 47.2 Å². The van der Waals surface area contributed by atoms with Gasteiger partial charge in [-0.25, -0.2) is 9.97 Å². The van der Waals surface area contributed by atoms with Crippen LogP contribution in [0.4, 0.5) is 0 Å². The summed E-state index contributed by atoms with van der Waals surface area (Å²) in [5.41, 5.74) is 8.89. The lowest BCUT2D eigenvalue weighted by Gasteiger charge is -2.12. The first kappa shape index (κ1) is 24.1. The summed E-state index contributed by atoms with van der Waals surface area (Å²) >= 11 is 0. The molecule has 11 aromatic rings. The van der Waals surface area contributed by atoms with Gasteiger partial charge in [-0.2, -0.15) is 0 Å². The monoisotopic (exact) mass is 584 g/mol. The molecule has 0 atom stereocenters. The van der Waals surface area contributed by atoms with Gasteiger partial charge in [-0.1, -0.05) is 109 Å². The third-order valence-corrected chi connectivity index (χ3v) is 9.82. The van der Waals surface area contributed by atoms with E-state index >= 15 is 0 Å². The SMILES string of the molecule is c1ccc2cc(-c3nc(-n4c5ccccc5c5c6c7ccccc7n7c8ccccc8c(cc54)c67)nc4ccccc34)ccc2c1. The van der Waals surface area contributed by atoms with Crippen molar-refractivity contribution in [2.75, 3.05) is 0 Å². The number of para-hydroxylation sites is 4. The standard InChI is InChI=1S/C42H24N4/c1-2-12-26-23-27(22-21-25(26)11-1)40-29-14-3-7-17-33(29)43-42(44-40)46-36-20-10-5-15-30(36)38-37(46)24-32-28-13-4-8-18-34(28)45-35-19-9-6-16-31(35)39(38)41(32)45/h1-24H. The number of aromatic nitrogens is 4. The van der Waals surface area contributed by atoms with Crippen molar-refractivity contribution in [3.63, 3.8) is 0 Å². The molecule has 4 heteroatoms. The predicted molar refractivity (Wildman–Crippen MR) is 191 cm³/mol. The average Bonchev–Trinajstić information content (AvgIpc) is 3.75. The summed E-state index contributed by atoms with van der Waals surface area (Å²) < 4.78 is 4.73. The zero-order valence-electron chi connectivity index (χ0n) is 24.6. The largest absolute Gasteiger partial charge is 0.308 e. The summed E-state index contributed by atoms with van der Waals surface area (Å²) in [5, 5.41) is 10.9. The number of hydrogen-bond acceptors (Lipinski definition) is 2. The summed E-state index contributed by atoms with van der Waals surface area (Å²) in [5.74, 6) is 0.676. The van der Waals surface area contributed by atoms with Crippen LogP contribution < -0.4 is 0 Å². The Kier molecular flexibility index (Phi) is 4.55. The third-order valence-electron chi connectivity index (χ3n) is 9.82. The molecule has 0 unspecified atom stereocenters. The van der Waals surface area contributed by atoms with E-state index in [0.717, 1.165) is 33.2 Å². The second kappa shape index (κ2) is 8.68. The van der Waals surface area contributed by atoms with Gasteiger partial charge in [0.25, 0.3) is 0 Å². The van der Waals surface area contributed by atoms with Crippen molar-refractivity contribution in [2.24, 2.45) is 0 Å². The van der Waals surface area contributed by atoms with Gasteiger partial charge in [0.15, 0.2) is 0 Å². The highest BCUT2D eigenvalue weighted by Gasteiger charge is 2.25. The van der Waals surface area contributed by atoms with Crippen molar-refractivity contribution in [2.45, 2.75) is 0 Å². The zero-order valence-corrected chi connectivity index (χ0v) is 24.6. The molecule has 0 saturated carbocycles. The molecule has 4 nitrogen and oxygen atoms in total. The molecule has 0 saturated heterocycles. The van der Waals surface area contributed by atoms with Crippen molar-refractivity contribution in [3.05, 3.63) is 146 Å². The van der Waals surface area contributed by atoms with Crippen molar-refractivity contribution < 1.29 is 0 Å². The van der Waals surface area contributed by atoms with Crippen LogP contribution in [0.5, 0.6) is 0 Å². The Hall–Kier alpha value is -6.26. The number of nitrogens with zero attached hydrogens (tertiary/aromatic N) is 4. The topological polar surface area (TPSA) is 35.1 Å². The maximum absolute atomic E-state index is 5.41. The highest BCUT2D eigenvalue weighted by Crippen LogP contribution is 2.46. The van der Waals surface area contributed by atoms with Crippen LogP contribution in [0, 0.1) is 0 Å². The van der Waals surface area contributed by atoms with Crippen molar-refractivity contribution in [1.29, 1.82) is 0 Å². The van der Waals surface area contributed by atoms with E-state index in [2.05, 4.69) is 155 Å². The lowest BCUT2D eigenvalue weighted by Crippen LogP contribution is -2.03. The van der Waals surface area contributed by atoms with E-state index in [1.807, 2.05) is 0 Å². The van der Waals surface area contributed by atoms with E-state index in [1.54, 1.807) is 0 Å². The van der Waals surface area contributed by atoms with Crippen LogP contribution in [0.25, 0.3) is 98.8 Å². The molecule has 7 aromatic carbocycles. The quantitative estimate of drug-likeness (QED) is 0.203. The minimum absolute atomic E-state index is 0.676. The fraction of sp³-hybridized carbons (Fsp3) is 0. The summed E-state index contributed by atoms with van der Waals surface area (Å²) in [6, 6.07) is 52.1. The molecule has 0 aliphatic heterocycles. The molecule has 4 heterocycles. The van der Waals surface area contributed by atoms with Gasteiger partial charge >= 0.3 is 0 Å². The minimum atomic E-state index is 0.676. The average molecular weight is 585 g/mol. The predicted octanol–water partition coefficient (Wildman–Crippen LogP) is 10.7. The van der Waals surface area contributed by atoms with Crippen LogP contribution >= 0.6 is 0 Å². The fourth-order valence-electron chi connectivity index (χ4n) is 7.90. The Balaban J connectivity index is 1.33. The van der Waals surface area contributed by atoms with Crippen LogP contribution in [-0.2, 0) is 0 Å². The first-order chi connectivity index (χ1) is 22.8. The maximum Gasteiger partial charge on any atom is 0.235 e. The minimum Gasteiger partial charge on any atom is -0.308 e. The molecule has 0 bridgehead atoms. The van der Waals surface area contributed by atoms with E-state index in [0.29, 0.717) is 5.95 Å². The number of benzene rings is 7. The number of fused-ring (bicyclic) bond motifs is 12. The Morgan fingerprint density at radius 1 is 0.413 bits per heavy atom. The molecule has 0 amide bonds. The summed E-state index contributed by atoms with van der Waals surface area (Å²) in [7, 11) is 0. The van der Waals surface area contributed by atoms with E-state index in [9.17, 15) is 0 Å². The Morgan fingerprint density at radius 3 is 1.87 bits per heavy atom. The fourth-order valence-corrected chi connectivity index (χ4v) is 7.90. The van der Waals surface area contributed by atoms with Crippen LogP contribution in [0.3, 0.4) is 0 Å². The Labute approximate surface area is 262 Å². The Morgan fingerprint density at radius 2 is 1.04 bits per heavy atom. The molecule has 4 aromatic heterocycles. The van der Waals surface area contributed by atoms with E-state index < -0.39 is 0 Å². The molecular formula is C42H24N4. The van der Waals surface area contributed by atoms with Crippen molar-refractivity contribution >= 4 is 81.6 Å². The van der Waals surface area contributed by atoms with E-state index in [4.69, 9.17) is 9.97 Å². The van der Waals surface area contributed by atoms with Crippen molar-refractivity contribution in [3.8, 4) is 17.2 Å². The second-order valence-corrected chi connectivity index (χ2v) is 12.2. The highest BCUT2D eigenvalue weighted by molar-refractivity contribution is 6.35. The normalized spacial score (nSPS) is 12.3. The smallest absolute Gasteiger partial charge is 0.235 e. The highest BCUT2D eigenvalue weighted by atomic mass is 15.2. The molecule has 0 N–H and O–H groups in total. The maximum atomic E-state index is 5.41. The molecule has 46 heavy (non-hydrogen) atoms. The van der Waals surface area contributed by atoms with E-state index in [1.165, 1.54) is 59.6 Å². The van der Waals surface area contributed by atoms with Crippen LogP contribution in [0.15, 0.2) is 146 Å². The molecule has 212 valence electrons. The lowest BCUT2D eigenvalue weighted by molar-refractivity contribution is 1.01. The van der Waals surface area contributed by atoms with Gasteiger partial charge in [0.05, 0.1) is 38.8 Å². The summed E-state index contributed by atoms with van der Waals surface area (Å²) in [6.07, 6.45) is 0. The number of hydrogen-bond donors (Lipinski definition) is 0. The third kappa shape index (κ3) is 3.03.